The van der Waals surface area contributed by atoms with E-state index in [1.165, 1.54) is 4.57 Å². The zero-order valence-electron chi connectivity index (χ0n) is 19.2. The van der Waals surface area contributed by atoms with Crippen LogP contribution in [-0.4, -0.2) is 31.3 Å². The number of carbonyl (C=O) groups excluding carboxylic acids is 1. The number of fused-ring (bicyclic) bond motifs is 2. The van der Waals surface area contributed by atoms with Gasteiger partial charge in [0.15, 0.2) is 0 Å². The topological polar surface area (TPSA) is 88.1 Å². The first-order valence-corrected chi connectivity index (χ1v) is 11.2. The molecule has 2 heterocycles. The van der Waals surface area contributed by atoms with Gasteiger partial charge in [-0.3, -0.25) is 14.2 Å². The molecular formula is C25H28N4O4. The lowest BCUT2D eigenvalue weighted by atomic mass is 10.1. The molecule has 0 radical (unpaired) electrons. The fourth-order valence-corrected chi connectivity index (χ4v) is 4.02. The third kappa shape index (κ3) is 4.46. The number of aromatic nitrogens is 4. The van der Waals surface area contributed by atoms with Crippen LogP contribution in [0.2, 0.25) is 0 Å². The average Bonchev–Trinajstić information content (AvgIpc) is 3.15. The highest BCUT2D eigenvalue weighted by molar-refractivity contribution is 5.79. The van der Waals surface area contributed by atoms with Crippen LogP contribution < -0.4 is 11.2 Å². The molecule has 8 nitrogen and oxygen atoms in total. The second-order valence-electron chi connectivity index (χ2n) is 8.43. The Labute approximate surface area is 191 Å². The summed E-state index contributed by atoms with van der Waals surface area (Å²) in [5.74, 6) is 0.613. The van der Waals surface area contributed by atoms with E-state index in [4.69, 9.17) is 9.72 Å². The fraction of sp³-hybridized carbons (Fsp3) is 0.360. The number of carbonyl (C=O) groups is 1. The Balaban J connectivity index is 1.88. The number of hydrogen-bond acceptors (Lipinski definition) is 5. The van der Waals surface area contributed by atoms with Crippen molar-refractivity contribution in [2.75, 3.05) is 6.61 Å². The van der Waals surface area contributed by atoms with E-state index < -0.39 is 23.8 Å². The summed E-state index contributed by atoms with van der Waals surface area (Å²) in [5.41, 5.74) is 1.30. The molecule has 0 amide bonds. The molecule has 2 aromatic heterocycles. The Morgan fingerprint density at radius 1 is 0.970 bits per heavy atom. The molecule has 2 aromatic carbocycles. The monoisotopic (exact) mass is 448 g/mol. The second kappa shape index (κ2) is 9.44. The standard InChI is InChI=1S/C25H28N4O4/c1-4-33-23(30)16-29-24(31)18-9-5-7-11-20(18)28(25(29)32)15-22-26-19-10-6-8-12-21(19)27(22)14-13-17(2)3/h5-12,17H,4,13-16H2,1-3H3. The first-order chi connectivity index (χ1) is 15.9. The third-order valence-electron chi connectivity index (χ3n) is 5.69. The van der Waals surface area contributed by atoms with Crippen molar-refractivity contribution in [3.8, 4) is 0 Å². The number of para-hydroxylation sites is 3. The zero-order chi connectivity index (χ0) is 23.5. The van der Waals surface area contributed by atoms with Gasteiger partial charge in [-0.25, -0.2) is 14.3 Å². The lowest BCUT2D eigenvalue weighted by Gasteiger charge is -2.15. The van der Waals surface area contributed by atoms with Crippen molar-refractivity contribution in [2.45, 2.75) is 46.8 Å². The number of esters is 1. The van der Waals surface area contributed by atoms with E-state index >= 15 is 0 Å². The second-order valence-corrected chi connectivity index (χ2v) is 8.43. The summed E-state index contributed by atoms with van der Waals surface area (Å²) >= 11 is 0. The Morgan fingerprint density at radius 2 is 1.67 bits per heavy atom. The largest absolute Gasteiger partial charge is 0.465 e. The van der Waals surface area contributed by atoms with Crippen LogP contribution in [0.1, 0.15) is 33.0 Å². The van der Waals surface area contributed by atoms with Gasteiger partial charge in [-0.1, -0.05) is 38.1 Å². The van der Waals surface area contributed by atoms with Gasteiger partial charge in [-0.2, -0.15) is 0 Å². The zero-order valence-corrected chi connectivity index (χ0v) is 19.2. The minimum atomic E-state index is -0.622. The number of imidazole rings is 1. The van der Waals surface area contributed by atoms with Crippen molar-refractivity contribution in [2.24, 2.45) is 5.92 Å². The molecule has 0 aliphatic rings. The number of aryl methyl sites for hydroxylation is 1. The maximum Gasteiger partial charge on any atom is 0.332 e. The molecule has 8 heteroatoms. The molecule has 172 valence electrons. The van der Waals surface area contributed by atoms with Crippen LogP contribution in [-0.2, 0) is 29.2 Å². The molecule has 0 fully saturated rings. The van der Waals surface area contributed by atoms with Gasteiger partial charge < -0.3 is 9.30 Å². The summed E-state index contributed by atoms with van der Waals surface area (Å²) < 4.78 is 9.58. The maximum absolute atomic E-state index is 13.4. The number of ether oxygens (including phenoxy) is 1. The molecule has 4 aromatic rings. The predicted octanol–water partition coefficient (Wildman–Crippen LogP) is 3.17. The smallest absolute Gasteiger partial charge is 0.332 e. The molecule has 0 bridgehead atoms. The molecule has 4 rings (SSSR count). The molecule has 0 unspecified atom stereocenters. The molecule has 0 N–H and O–H groups in total. The first-order valence-electron chi connectivity index (χ1n) is 11.2. The van der Waals surface area contributed by atoms with E-state index in [2.05, 4.69) is 18.4 Å². The van der Waals surface area contributed by atoms with E-state index in [-0.39, 0.29) is 13.2 Å². The van der Waals surface area contributed by atoms with Gasteiger partial charge in [0.1, 0.15) is 12.4 Å². The highest BCUT2D eigenvalue weighted by Crippen LogP contribution is 2.19. The number of hydrogen-bond donors (Lipinski definition) is 0. The minimum Gasteiger partial charge on any atom is -0.465 e. The highest BCUT2D eigenvalue weighted by atomic mass is 16.5. The summed E-state index contributed by atoms with van der Waals surface area (Å²) in [6.07, 6.45) is 0.964. The van der Waals surface area contributed by atoms with Crippen molar-refractivity contribution in [3.05, 3.63) is 75.2 Å². The Hall–Kier alpha value is -3.68. The van der Waals surface area contributed by atoms with E-state index in [1.54, 1.807) is 31.2 Å². The van der Waals surface area contributed by atoms with Crippen molar-refractivity contribution in [1.82, 2.24) is 18.7 Å². The average molecular weight is 449 g/mol. The van der Waals surface area contributed by atoms with Crippen LogP contribution in [0.4, 0.5) is 0 Å². The number of nitrogens with zero attached hydrogens (tertiary/aromatic N) is 4. The Morgan fingerprint density at radius 3 is 2.39 bits per heavy atom. The van der Waals surface area contributed by atoms with Gasteiger partial charge in [0.2, 0.25) is 0 Å². The van der Waals surface area contributed by atoms with Gasteiger partial charge in [0.05, 0.1) is 35.1 Å². The highest BCUT2D eigenvalue weighted by Gasteiger charge is 2.19. The minimum absolute atomic E-state index is 0.176. The van der Waals surface area contributed by atoms with Crippen LogP contribution in [0.5, 0.6) is 0 Å². The summed E-state index contributed by atoms with van der Waals surface area (Å²) in [4.78, 5) is 43.3. The summed E-state index contributed by atoms with van der Waals surface area (Å²) in [5, 5.41) is 0.367. The van der Waals surface area contributed by atoms with Crippen LogP contribution in [0.25, 0.3) is 21.9 Å². The molecule has 0 atom stereocenters. The van der Waals surface area contributed by atoms with Crippen molar-refractivity contribution in [3.63, 3.8) is 0 Å². The lowest BCUT2D eigenvalue weighted by molar-refractivity contribution is -0.143. The van der Waals surface area contributed by atoms with Gasteiger partial charge in [-0.15, -0.1) is 0 Å². The third-order valence-corrected chi connectivity index (χ3v) is 5.69. The van der Waals surface area contributed by atoms with E-state index in [1.807, 2.05) is 24.3 Å². The van der Waals surface area contributed by atoms with Crippen LogP contribution in [0, 0.1) is 5.92 Å². The molecule has 0 aliphatic carbocycles. The lowest BCUT2D eigenvalue weighted by Crippen LogP contribution is -2.42. The van der Waals surface area contributed by atoms with Crippen LogP contribution >= 0.6 is 0 Å². The molecule has 33 heavy (non-hydrogen) atoms. The fourth-order valence-electron chi connectivity index (χ4n) is 4.02. The maximum atomic E-state index is 13.4. The molecule has 0 saturated carbocycles. The van der Waals surface area contributed by atoms with Gasteiger partial charge >= 0.3 is 11.7 Å². The molecule has 0 spiro atoms. The summed E-state index contributed by atoms with van der Waals surface area (Å²) in [7, 11) is 0. The molecule has 0 saturated heterocycles. The number of rotatable bonds is 8. The van der Waals surface area contributed by atoms with E-state index in [0.717, 1.165) is 34.4 Å². The quantitative estimate of drug-likeness (QED) is 0.386. The van der Waals surface area contributed by atoms with Gasteiger partial charge in [0.25, 0.3) is 5.56 Å². The van der Waals surface area contributed by atoms with Crippen molar-refractivity contribution < 1.29 is 9.53 Å². The van der Waals surface area contributed by atoms with Crippen LogP contribution in [0.3, 0.4) is 0 Å². The SMILES string of the molecule is CCOC(=O)Cn1c(=O)c2ccccc2n(Cc2nc3ccccc3n2CCC(C)C)c1=O. The first kappa shape index (κ1) is 22.5. The van der Waals surface area contributed by atoms with Crippen molar-refractivity contribution in [1.29, 1.82) is 0 Å². The van der Waals surface area contributed by atoms with Crippen LogP contribution in [0.15, 0.2) is 58.1 Å². The van der Waals surface area contributed by atoms with Gasteiger partial charge in [-0.05, 0) is 43.5 Å². The summed E-state index contributed by atoms with van der Waals surface area (Å²) in [6.45, 7) is 6.71. The number of benzene rings is 2. The molecule has 0 aliphatic heterocycles. The molecular weight excluding hydrogens is 420 g/mol. The Bertz CT molecular complexity index is 1430. The van der Waals surface area contributed by atoms with Crippen molar-refractivity contribution >= 4 is 27.9 Å². The van der Waals surface area contributed by atoms with E-state index in [0.29, 0.717) is 16.8 Å². The summed E-state index contributed by atoms with van der Waals surface area (Å²) in [6, 6.07) is 14.8. The normalized spacial score (nSPS) is 11.5. The van der Waals surface area contributed by atoms with E-state index in [9.17, 15) is 14.4 Å². The Kier molecular flexibility index (Phi) is 6.44. The predicted molar refractivity (Wildman–Crippen MR) is 127 cm³/mol. The van der Waals surface area contributed by atoms with Gasteiger partial charge in [0, 0.05) is 6.54 Å².